The van der Waals surface area contributed by atoms with Crippen LogP contribution in [-0.4, -0.2) is 34.1 Å². The van der Waals surface area contributed by atoms with E-state index in [0.717, 1.165) is 56.9 Å². The number of methoxy groups -OCH3 is 1. The Morgan fingerprint density at radius 2 is 1.68 bits per heavy atom. The molecule has 229 valence electrons. The number of esters is 1. The molecule has 0 amide bonds. The summed E-state index contributed by atoms with van der Waals surface area (Å²) in [6.45, 7) is 22.7. The molecular weight excluding hydrogens is 522 g/mol. The first kappa shape index (κ1) is 32.2. The van der Waals surface area contributed by atoms with Crippen molar-refractivity contribution in [1.82, 2.24) is 0 Å². The van der Waals surface area contributed by atoms with Gasteiger partial charge < -0.3 is 9.16 Å². The van der Waals surface area contributed by atoms with E-state index in [1.807, 2.05) is 0 Å². The highest BCUT2D eigenvalue weighted by Gasteiger charge is 2.68. The van der Waals surface area contributed by atoms with Crippen molar-refractivity contribution in [2.75, 3.05) is 7.11 Å². The molecule has 4 aliphatic rings. The summed E-state index contributed by atoms with van der Waals surface area (Å²) in [7, 11) is 0.300. The van der Waals surface area contributed by atoms with E-state index in [2.05, 4.69) is 62.0 Å². The van der Waals surface area contributed by atoms with Gasteiger partial charge in [0.05, 0.1) is 13.2 Å². The van der Waals surface area contributed by atoms with E-state index in [9.17, 15) is 4.79 Å². The van der Waals surface area contributed by atoms with Gasteiger partial charge in [0.2, 0.25) is 9.04 Å². The molecule has 0 unspecified atom stereocenters. The molecule has 0 N–H and O–H groups in total. The molecule has 0 aromatic rings. The quantitative estimate of drug-likeness (QED) is 0.163. The third-order valence-corrected chi connectivity index (χ3v) is 15.3. The number of rotatable bonds is 8. The smallest absolute Gasteiger partial charge is 0.305 e. The van der Waals surface area contributed by atoms with Gasteiger partial charge in [0, 0.05) is 18.8 Å². The Bertz CT molecular complexity index is 944. The molecule has 0 spiro atoms. The molecule has 0 bridgehead atoms. The molecule has 4 saturated carbocycles. The van der Waals surface area contributed by atoms with Crippen LogP contribution >= 0.6 is 0 Å². The maximum Gasteiger partial charge on any atom is 0.305 e. The van der Waals surface area contributed by atoms with Gasteiger partial charge in [-0.05, 0) is 108 Å². The minimum Gasteiger partial charge on any atom is -0.469 e. The molecule has 40 heavy (non-hydrogen) atoms. The van der Waals surface area contributed by atoms with Crippen molar-refractivity contribution >= 4 is 15.0 Å². The maximum atomic E-state index is 16.5. The molecule has 0 aliphatic heterocycles. The molecule has 4 fully saturated rings. The van der Waals surface area contributed by atoms with Crippen LogP contribution in [0.5, 0.6) is 0 Å². The SMILES string of the molecule is C=C1[C@@H](O[Si](C(C)C)C(C)(C)C)CC[C@@]2(C)[C@H]1CC(F)(F)[C@@H]1[C@@H]2CC[C@]2(C)[C@@H]([C@H](C)CCCC(=O)OC)CC[C@@H]12. The van der Waals surface area contributed by atoms with Gasteiger partial charge in [-0.15, -0.1) is 0 Å². The summed E-state index contributed by atoms with van der Waals surface area (Å²) in [6.07, 6.45) is 7.84. The predicted octanol–water partition coefficient (Wildman–Crippen LogP) is 9.62. The second kappa shape index (κ2) is 11.4. The van der Waals surface area contributed by atoms with E-state index in [4.69, 9.17) is 9.16 Å². The fourth-order valence-corrected chi connectivity index (χ4v) is 13.4. The van der Waals surface area contributed by atoms with Crippen LogP contribution in [0.3, 0.4) is 0 Å². The van der Waals surface area contributed by atoms with Gasteiger partial charge in [-0.3, -0.25) is 4.79 Å². The van der Waals surface area contributed by atoms with Gasteiger partial charge in [0.15, 0.2) is 0 Å². The predicted molar refractivity (Wildman–Crippen MR) is 161 cm³/mol. The molecule has 0 heterocycles. The van der Waals surface area contributed by atoms with E-state index in [1.54, 1.807) is 0 Å². The number of ether oxygens (including phenoxy) is 1. The van der Waals surface area contributed by atoms with Gasteiger partial charge in [0.25, 0.3) is 5.92 Å². The number of fused-ring (bicyclic) bond motifs is 5. The first-order valence-electron chi connectivity index (χ1n) is 16.1. The lowest BCUT2D eigenvalue weighted by atomic mass is 9.43. The highest BCUT2D eigenvalue weighted by atomic mass is 28.3. The second-order valence-corrected chi connectivity index (χ2v) is 19.5. The maximum absolute atomic E-state index is 16.5. The average Bonchev–Trinajstić information content (AvgIpc) is 3.20. The van der Waals surface area contributed by atoms with Crippen molar-refractivity contribution in [2.24, 2.45) is 46.3 Å². The van der Waals surface area contributed by atoms with E-state index < -0.39 is 20.9 Å². The summed E-state index contributed by atoms with van der Waals surface area (Å²) in [5, 5.41) is 0.0880. The third-order valence-electron chi connectivity index (χ3n) is 12.2. The summed E-state index contributed by atoms with van der Waals surface area (Å²) < 4.78 is 44.7. The van der Waals surface area contributed by atoms with E-state index in [1.165, 1.54) is 7.11 Å². The number of hydrogen-bond acceptors (Lipinski definition) is 3. The van der Waals surface area contributed by atoms with Crippen molar-refractivity contribution < 1.29 is 22.7 Å². The lowest BCUT2D eigenvalue weighted by molar-refractivity contribution is -0.228. The monoisotopic (exact) mass is 579 g/mol. The zero-order valence-corrected chi connectivity index (χ0v) is 27.9. The Morgan fingerprint density at radius 1 is 1.05 bits per heavy atom. The summed E-state index contributed by atoms with van der Waals surface area (Å²) >= 11 is 0. The van der Waals surface area contributed by atoms with Gasteiger partial charge in [-0.1, -0.05) is 62.0 Å². The molecule has 4 aliphatic carbocycles. The third kappa shape index (κ3) is 5.63. The highest BCUT2D eigenvalue weighted by molar-refractivity contribution is 6.56. The average molecular weight is 580 g/mol. The van der Waals surface area contributed by atoms with Gasteiger partial charge >= 0.3 is 5.97 Å². The van der Waals surface area contributed by atoms with Gasteiger partial charge in [0.1, 0.15) is 0 Å². The molecule has 0 aromatic carbocycles. The zero-order valence-electron chi connectivity index (χ0n) is 26.9. The van der Waals surface area contributed by atoms with Gasteiger partial charge in [-0.2, -0.15) is 0 Å². The topological polar surface area (TPSA) is 35.5 Å². The largest absolute Gasteiger partial charge is 0.469 e. The van der Waals surface area contributed by atoms with Crippen molar-refractivity contribution in [1.29, 1.82) is 0 Å². The minimum absolute atomic E-state index is 0.0443. The fourth-order valence-electron chi connectivity index (χ4n) is 10.4. The molecule has 6 heteroatoms. The number of carbonyl (C=O) groups excluding carboxylic acids is 1. The fraction of sp³-hybridized carbons (Fsp3) is 0.912. The summed E-state index contributed by atoms with van der Waals surface area (Å²) in [5.41, 5.74) is 1.24. The minimum atomic E-state index is -2.68. The van der Waals surface area contributed by atoms with Crippen LogP contribution in [0.25, 0.3) is 0 Å². The number of carbonyl (C=O) groups is 1. The summed E-state index contributed by atoms with van der Waals surface area (Å²) in [4.78, 5) is 11.6. The van der Waals surface area contributed by atoms with E-state index in [-0.39, 0.29) is 52.1 Å². The van der Waals surface area contributed by atoms with Crippen LogP contribution < -0.4 is 0 Å². The molecule has 3 nitrogen and oxygen atoms in total. The van der Waals surface area contributed by atoms with Crippen LogP contribution in [0.4, 0.5) is 8.78 Å². The first-order chi connectivity index (χ1) is 18.5. The Hall–Kier alpha value is -0.753. The Morgan fingerprint density at radius 3 is 2.27 bits per heavy atom. The lowest BCUT2D eigenvalue weighted by Gasteiger charge is -2.63. The van der Waals surface area contributed by atoms with Crippen molar-refractivity contribution in [3.8, 4) is 0 Å². The van der Waals surface area contributed by atoms with E-state index >= 15 is 8.78 Å². The molecule has 0 aromatic heterocycles. The number of hydrogen-bond donors (Lipinski definition) is 0. The van der Waals surface area contributed by atoms with Crippen LogP contribution in [0.1, 0.15) is 120 Å². The number of halogens is 2. The van der Waals surface area contributed by atoms with Crippen molar-refractivity contribution in [3.63, 3.8) is 0 Å². The number of alkyl halides is 2. The van der Waals surface area contributed by atoms with Crippen LogP contribution in [0, 0.1) is 46.3 Å². The Balaban J connectivity index is 1.53. The lowest BCUT2D eigenvalue weighted by Crippen LogP contribution is -2.61. The first-order valence-corrected chi connectivity index (χ1v) is 17.6. The van der Waals surface area contributed by atoms with Crippen LogP contribution in [0.2, 0.25) is 10.6 Å². The standard InChI is InChI=1S/C34H57F2O3Si/c1-21(2)40(31(5,6)7)39-28-17-19-33(9)26-16-18-32(8)24(22(3)12-11-13-29(37)38-10)14-15-25(32)30(26)34(35,36)20-27(33)23(28)4/h21-22,24-28,30H,4,11-20H2,1-3,5-10H3/t22-,24-,25+,26+,27+,28+,30+,32-,33-/m1/s1. The molecule has 0 saturated heterocycles. The van der Waals surface area contributed by atoms with Crippen LogP contribution in [0.15, 0.2) is 12.2 Å². The zero-order chi connectivity index (χ0) is 29.8. The van der Waals surface area contributed by atoms with Crippen LogP contribution in [-0.2, 0) is 14.0 Å². The molecule has 1 radical (unpaired) electrons. The molecule has 4 rings (SSSR count). The molecule has 9 atom stereocenters. The normalized spacial score (nSPS) is 40.0. The summed E-state index contributed by atoms with van der Waals surface area (Å²) in [5.74, 6) is -2.53. The van der Waals surface area contributed by atoms with Crippen molar-refractivity contribution in [2.45, 2.75) is 142 Å². The van der Waals surface area contributed by atoms with Crippen molar-refractivity contribution in [3.05, 3.63) is 12.2 Å². The van der Waals surface area contributed by atoms with E-state index in [0.29, 0.717) is 23.8 Å². The van der Waals surface area contributed by atoms with Gasteiger partial charge in [-0.25, -0.2) is 8.78 Å². The Kier molecular flexibility index (Phi) is 9.16. The Labute approximate surface area is 245 Å². The highest BCUT2D eigenvalue weighted by Crippen LogP contribution is 2.71. The molecular formula is C34H57F2O3Si. The second-order valence-electron chi connectivity index (χ2n) is 15.9. The summed E-state index contributed by atoms with van der Waals surface area (Å²) in [6, 6.07) is 0.